The number of pyridine rings is 1. The Hall–Kier alpha value is -2.09. The number of hydrogen-bond donors (Lipinski definition) is 2. The first kappa shape index (κ1) is 17.3. The lowest BCUT2D eigenvalue weighted by Crippen LogP contribution is -2.43. The Morgan fingerprint density at radius 1 is 1.43 bits per heavy atom. The van der Waals surface area contributed by atoms with Gasteiger partial charge in [-0.1, -0.05) is 25.6 Å². The molecule has 2 heterocycles. The molecule has 1 unspecified atom stereocenters. The molecule has 0 aromatic carbocycles. The highest BCUT2D eigenvalue weighted by molar-refractivity contribution is 7.99. The van der Waals surface area contributed by atoms with E-state index in [2.05, 4.69) is 20.3 Å². The number of esters is 1. The zero-order valence-corrected chi connectivity index (χ0v) is 14.1. The monoisotopic (exact) mass is 336 g/mol. The van der Waals surface area contributed by atoms with Crippen molar-refractivity contribution in [2.24, 2.45) is 5.92 Å². The van der Waals surface area contributed by atoms with Gasteiger partial charge in [0.2, 0.25) is 5.91 Å². The molecule has 0 spiro atoms. The molecule has 0 aliphatic rings. The van der Waals surface area contributed by atoms with Crippen molar-refractivity contribution < 1.29 is 14.3 Å². The topological polar surface area (TPSA) is 97.0 Å². The number of fused-ring (bicyclic) bond motifs is 1. The molecule has 0 bridgehead atoms. The second kappa shape index (κ2) is 7.96. The lowest BCUT2D eigenvalue weighted by Gasteiger charge is -2.18. The fourth-order valence-electron chi connectivity index (χ4n) is 2.09. The highest BCUT2D eigenvalue weighted by Crippen LogP contribution is 2.17. The minimum absolute atomic E-state index is 0.158. The number of imidazole rings is 1. The molecule has 2 N–H and O–H groups in total. The maximum atomic E-state index is 12.0. The van der Waals surface area contributed by atoms with E-state index in [1.807, 2.05) is 26.0 Å². The maximum Gasteiger partial charge on any atom is 0.328 e. The molecule has 1 atom stereocenters. The quantitative estimate of drug-likeness (QED) is 0.591. The van der Waals surface area contributed by atoms with E-state index in [1.54, 1.807) is 6.20 Å². The van der Waals surface area contributed by atoms with Crippen LogP contribution in [0.2, 0.25) is 0 Å². The largest absolute Gasteiger partial charge is 0.467 e. The van der Waals surface area contributed by atoms with E-state index in [-0.39, 0.29) is 17.6 Å². The van der Waals surface area contributed by atoms with Gasteiger partial charge in [-0.2, -0.15) is 0 Å². The van der Waals surface area contributed by atoms with Crippen molar-refractivity contribution in [3.05, 3.63) is 18.3 Å². The molecule has 8 heteroatoms. The fraction of sp³-hybridized carbons (Fsp3) is 0.467. The predicted molar refractivity (Wildman–Crippen MR) is 88.0 cm³/mol. The van der Waals surface area contributed by atoms with Crippen LogP contribution in [0, 0.1) is 5.92 Å². The Labute approximate surface area is 138 Å². The Morgan fingerprint density at radius 2 is 2.22 bits per heavy atom. The van der Waals surface area contributed by atoms with Crippen LogP contribution in [0.15, 0.2) is 23.5 Å². The lowest BCUT2D eigenvalue weighted by atomic mass is 10.0. The number of carbonyl (C=O) groups excluding carboxylic acids is 2. The summed E-state index contributed by atoms with van der Waals surface area (Å²) in [5.74, 6) is -0.233. The summed E-state index contributed by atoms with van der Waals surface area (Å²) >= 11 is 1.26. The molecule has 23 heavy (non-hydrogen) atoms. The van der Waals surface area contributed by atoms with Crippen LogP contribution >= 0.6 is 11.8 Å². The Kier molecular flexibility index (Phi) is 5.97. The smallest absolute Gasteiger partial charge is 0.328 e. The standard InChI is InChI=1S/C15H20N4O3S/c1-9(2)7-11(14(21)22-3)17-12(20)8-23-15-18-10-5-4-6-16-13(10)19-15/h4-6,9,11H,7-8H2,1-3H3,(H,17,20)(H,16,18,19). The van der Waals surface area contributed by atoms with Crippen LogP contribution in [0.3, 0.4) is 0 Å². The number of amides is 1. The van der Waals surface area contributed by atoms with E-state index in [1.165, 1.54) is 18.9 Å². The average molecular weight is 336 g/mol. The van der Waals surface area contributed by atoms with Gasteiger partial charge in [-0.3, -0.25) is 4.79 Å². The summed E-state index contributed by atoms with van der Waals surface area (Å²) in [6, 6.07) is 3.06. The number of H-pyrrole nitrogens is 1. The number of rotatable bonds is 7. The van der Waals surface area contributed by atoms with E-state index in [0.29, 0.717) is 17.2 Å². The molecule has 124 valence electrons. The Balaban J connectivity index is 1.91. The molecule has 0 saturated carbocycles. The van der Waals surface area contributed by atoms with Crippen molar-refractivity contribution in [2.45, 2.75) is 31.5 Å². The molecule has 0 aliphatic carbocycles. The van der Waals surface area contributed by atoms with Gasteiger partial charge in [0, 0.05) is 6.20 Å². The van der Waals surface area contributed by atoms with Crippen LogP contribution in [0.1, 0.15) is 20.3 Å². The summed E-state index contributed by atoms with van der Waals surface area (Å²) in [6.45, 7) is 3.97. The molecule has 2 rings (SSSR count). The van der Waals surface area contributed by atoms with Gasteiger partial charge in [0.15, 0.2) is 10.8 Å². The van der Waals surface area contributed by atoms with Crippen LogP contribution in [0.5, 0.6) is 0 Å². The normalized spacial score (nSPS) is 12.3. The number of thioether (sulfide) groups is 1. The average Bonchev–Trinajstić information content (AvgIpc) is 2.94. The zero-order chi connectivity index (χ0) is 16.8. The number of hydrogen-bond acceptors (Lipinski definition) is 6. The van der Waals surface area contributed by atoms with Crippen LogP contribution < -0.4 is 5.32 Å². The third kappa shape index (κ3) is 4.95. The fourth-order valence-corrected chi connectivity index (χ4v) is 2.77. The van der Waals surface area contributed by atoms with Gasteiger partial charge >= 0.3 is 5.97 Å². The molecule has 0 aliphatic heterocycles. The molecular formula is C15H20N4O3S. The first-order valence-corrected chi connectivity index (χ1v) is 8.29. The molecule has 1 amide bonds. The maximum absolute atomic E-state index is 12.0. The summed E-state index contributed by atoms with van der Waals surface area (Å²) in [6.07, 6.45) is 2.20. The van der Waals surface area contributed by atoms with Crippen LogP contribution in [-0.4, -0.2) is 45.7 Å². The third-order valence-electron chi connectivity index (χ3n) is 3.10. The van der Waals surface area contributed by atoms with Crippen molar-refractivity contribution >= 4 is 34.8 Å². The molecule has 0 fully saturated rings. The highest BCUT2D eigenvalue weighted by Gasteiger charge is 2.22. The van der Waals surface area contributed by atoms with E-state index in [9.17, 15) is 9.59 Å². The first-order chi connectivity index (χ1) is 11.0. The minimum atomic E-state index is -0.620. The van der Waals surface area contributed by atoms with Gasteiger partial charge in [-0.25, -0.2) is 14.8 Å². The number of aromatic nitrogens is 3. The summed E-state index contributed by atoms with van der Waals surface area (Å²) < 4.78 is 4.73. The minimum Gasteiger partial charge on any atom is -0.467 e. The van der Waals surface area contributed by atoms with Gasteiger partial charge in [-0.15, -0.1) is 0 Å². The molecule has 0 radical (unpaired) electrons. The summed E-state index contributed by atoms with van der Waals surface area (Å²) in [5.41, 5.74) is 1.44. The van der Waals surface area contributed by atoms with Gasteiger partial charge in [-0.05, 0) is 24.5 Å². The van der Waals surface area contributed by atoms with E-state index in [4.69, 9.17) is 4.74 Å². The third-order valence-corrected chi connectivity index (χ3v) is 3.98. The van der Waals surface area contributed by atoms with Crippen molar-refractivity contribution in [2.75, 3.05) is 12.9 Å². The number of nitrogens with zero attached hydrogens (tertiary/aromatic N) is 2. The van der Waals surface area contributed by atoms with Crippen LogP contribution in [0.4, 0.5) is 0 Å². The highest BCUT2D eigenvalue weighted by atomic mass is 32.2. The van der Waals surface area contributed by atoms with Gasteiger partial charge < -0.3 is 15.0 Å². The van der Waals surface area contributed by atoms with Gasteiger partial charge in [0.05, 0.1) is 18.4 Å². The number of carbonyl (C=O) groups is 2. The number of ether oxygens (including phenoxy) is 1. The molecule has 0 saturated heterocycles. The Bertz CT molecular complexity index is 653. The van der Waals surface area contributed by atoms with Gasteiger partial charge in [0.25, 0.3) is 0 Å². The lowest BCUT2D eigenvalue weighted by molar-refractivity contribution is -0.145. The van der Waals surface area contributed by atoms with Crippen molar-refractivity contribution in [1.82, 2.24) is 20.3 Å². The molecule has 2 aromatic rings. The van der Waals surface area contributed by atoms with Gasteiger partial charge in [0.1, 0.15) is 6.04 Å². The van der Waals surface area contributed by atoms with Crippen LogP contribution in [-0.2, 0) is 14.3 Å². The van der Waals surface area contributed by atoms with E-state index >= 15 is 0 Å². The van der Waals surface area contributed by atoms with E-state index in [0.717, 1.165) is 5.52 Å². The first-order valence-electron chi connectivity index (χ1n) is 7.30. The number of nitrogens with one attached hydrogen (secondary N) is 2. The zero-order valence-electron chi connectivity index (χ0n) is 13.3. The number of aromatic amines is 1. The SMILES string of the molecule is COC(=O)C(CC(C)C)NC(=O)CSc1nc2ncccc2[nH]1. The predicted octanol–water partition coefficient (Wildman–Crippen LogP) is 1.75. The second-order valence-electron chi connectivity index (χ2n) is 5.48. The molecule has 7 nitrogen and oxygen atoms in total. The Morgan fingerprint density at radius 3 is 2.87 bits per heavy atom. The molecular weight excluding hydrogens is 316 g/mol. The van der Waals surface area contributed by atoms with Crippen molar-refractivity contribution in [3.8, 4) is 0 Å². The summed E-state index contributed by atoms with van der Waals surface area (Å²) in [5, 5.41) is 3.33. The van der Waals surface area contributed by atoms with E-state index < -0.39 is 12.0 Å². The van der Waals surface area contributed by atoms with Crippen molar-refractivity contribution in [1.29, 1.82) is 0 Å². The summed E-state index contributed by atoms with van der Waals surface area (Å²) in [4.78, 5) is 35.3. The van der Waals surface area contributed by atoms with Crippen LogP contribution in [0.25, 0.3) is 11.2 Å². The molecule has 2 aromatic heterocycles. The van der Waals surface area contributed by atoms with Crippen molar-refractivity contribution in [3.63, 3.8) is 0 Å². The summed E-state index contributed by atoms with van der Waals surface area (Å²) in [7, 11) is 1.32. The second-order valence-corrected chi connectivity index (χ2v) is 6.44. The number of methoxy groups -OCH3 is 1.